The molecule has 2 N–H and O–H groups in total. The molecule has 0 unspecified atom stereocenters. The molecule has 0 radical (unpaired) electrons. The summed E-state index contributed by atoms with van der Waals surface area (Å²) in [6.45, 7) is 1.83. The molecule has 0 amide bonds. The molecule has 2 heterocycles. The zero-order valence-corrected chi connectivity index (χ0v) is 8.53. The van der Waals surface area contributed by atoms with Gasteiger partial charge in [0.2, 0.25) is 0 Å². The van der Waals surface area contributed by atoms with Gasteiger partial charge in [0.1, 0.15) is 0 Å². The van der Waals surface area contributed by atoms with Crippen LogP contribution in [0.3, 0.4) is 0 Å². The number of piperidine rings is 1. The molecule has 4 heteroatoms. The van der Waals surface area contributed by atoms with Gasteiger partial charge in [-0.1, -0.05) is 0 Å². The van der Waals surface area contributed by atoms with Crippen molar-refractivity contribution >= 4 is 0 Å². The predicted octanol–water partition coefficient (Wildman–Crippen LogP) is 0.0771. The van der Waals surface area contributed by atoms with E-state index in [1.54, 1.807) is 4.68 Å². The van der Waals surface area contributed by atoms with Crippen LogP contribution in [0.1, 0.15) is 18.4 Å². The van der Waals surface area contributed by atoms with Gasteiger partial charge in [-0.2, -0.15) is 5.10 Å². The van der Waals surface area contributed by atoms with Crippen LogP contribution < -0.4 is 5.32 Å². The highest BCUT2D eigenvalue weighted by Gasteiger charge is 2.29. The zero-order valence-electron chi connectivity index (χ0n) is 8.53. The van der Waals surface area contributed by atoms with Crippen molar-refractivity contribution in [1.82, 2.24) is 15.1 Å². The van der Waals surface area contributed by atoms with E-state index in [1.807, 2.05) is 19.4 Å². The van der Waals surface area contributed by atoms with Crippen LogP contribution in [-0.4, -0.2) is 33.6 Å². The first kappa shape index (κ1) is 9.68. The fraction of sp³-hybridized carbons (Fsp3) is 0.700. The lowest BCUT2D eigenvalue weighted by atomic mass is 9.87. The molecule has 0 aromatic carbocycles. The largest absolute Gasteiger partial charge is 0.389 e. The Morgan fingerprint density at radius 1 is 1.57 bits per heavy atom. The molecule has 78 valence electrons. The molecule has 1 aromatic heterocycles. The molecule has 0 bridgehead atoms. The van der Waals surface area contributed by atoms with Crippen molar-refractivity contribution in [3.63, 3.8) is 0 Å². The molecule has 0 saturated carbocycles. The minimum atomic E-state index is -0.520. The fourth-order valence-corrected chi connectivity index (χ4v) is 2.01. The van der Waals surface area contributed by atoms with Gasteiger partial charge in [-0.05, 0) is 31.5 Å². The van der Waals surface area contributed by atoms with Crippen molar-refractivity contribution in [3.8, 4) is 0 Å². The molecule has 2 rings (SSSR count). The van der Waals surface area contributed by atoms with Crippen molar-refractivity contribution in [2.75, 3.05) is 13.1 Å². The van der Waals surface area contributed by atoms with E-state index in [0.29, 0.717) is 0 Å². The van der Waals surface area contributed by atoms with Crippen LogP contribution in [0, 0.1) is 0 Å². The van der Waals surface area contributed by atoms with Crippen LogP contribution in [0.5, 0.6) is 0 Å². The van der Waals surface area contributed by atoms with Crippen molar-refractivity contribution in [3.05, 3.63) is 18.0 Å². The number of aliphatic hydroxyl groups is 1. The molecule has 4 nitrogen and oxygen atoms in total. The number of hydrogen-bond donors (Lipinski definition) is 2. The Morgan fingerprint density at radius 3 is 2.86 bits per heavy atom. The molecule has 14 heavy (non-hydrogen) atoms. The van der Waals surface area contributed by atoms with E-state index in [0.717, 1.165) is 37.9 Å². The standard InChI is InChI=1S/C10H17N3O/c1-13-8-9(7-12-13)6-10(14)2-4-11-5-3-10/h7-8,11,14H,2-6H2,1H3. The van der Waals surface area contributed by atoms with E-state index in [9.17, 15) is 5.11 Å². The molecule has 0 atom stereocenters. The maximum Gasteiger partial charge on any atom is 0.0713 e. The van der Waals surface area contributed by atoms with Crippen LogP contribution >= 0.6 is 0 Å². The molecule has 1 aliphatic heterocycles. The molecule has 0 aliphatic carbocycles. The van der Waals surface area contributed by atoms with Crippen LogP contribution in [0.4, 0.5) is 0 Å². The van der Waals surface area contributed by atoms with E-state index in [1.165, 1.54) is 0 Å². The Kier molecular flexibility index (Phi) is 2.56. The minimum absolute atomic E-state index is 0.520. The highest BCUT2D eigenvalue weighted by molar-refractivity contribution is 5.08. The molecule has 1 aliphatic rings. The van der Waals surface area contributed by atoms with E-state index in [-0.39, 0.29) is 0 Å². The summed E-state index contributed by atoms with van der Waals surface area (Å²) in [6, 6.07) is 0. The first-order valence-corrected chi connectivity index (χ1v) is 5.09. The topological polar surface area (TPSA) is 50.1 Å². The number of aryl methyl sites for hydroxylation is 1. The molecule has 1 aromatic rings. The summed E-state index contributed by atoms with van der Waals surface area (Å²) in [4.78, 5) is 0. The van der Waals surface area contributed by atoms with E-state index < -0.39 is 5.60 Å². The molecule has 0 spiro atoms. The Bertz CT molecular complexity index is 302. The Balaban J connectivity index is 2.01. The Labute approximate surface area is 83.9 Å². The molecular weight excluding hydrogens is 178 g/mol. The van der Waals surface area contributed by atoms with Gasteiger partial charge in [0.15, 0.2) is 0 Å². The first-order chi connectivity index (χ1) is 6.68. The lowest BCUT2D eigenvalue weighted by Crippen LogP contribution is -2.43. The van der Waals surface area contributed by atoms with Gasteiger partial charge in [0.25, 0.3) is 0 Å². The summed E-state index contributed by atoms with van der Waals surface area (Å²) in [5.74, 6) is 0. The SMILES string of the molecule is Cn1cc(CC2(O)CCNCC2)cn1. The lowest BCUT2D eigenvalue weighted by Gasteiger charge is -2.32. The van der Waals surface area contributed by atoms with Crippen molar-refractivity contribution in [2.24, 2.45) is 7.05 Å². The monoisotopic (exact) mass is 195 g/mol. The second kappa shape index (κ2) is 3.71. The predicted molar refractivity (Wildman–Crippen MR) is 54.0 cm³/mol. The quantitative estimate of drug-likeness (QED) is 0.702. The summed E-state index contributed by atoms with van der Waals surface area (Å²) >= 11 is 0. The highest BCUT2D eigenvalue weighted by atomic mass is 16.3. The third-order valence-electron chi connectivity index (χ3n) is 2.83. The van der Waals surface area contributed by atoms with Gasteiger partial charge < -0.3 is 10.4 Å². The summed E-state index contributed by atoms with van der Waals surface area (Å²) in [5.41, 5.74) is 0.603. The number of hydrogen-bond acceptors (Lipinski definition) is 3. The van der Waals surface area contributed by atoms with Gasteiger partial charge in [0.05, 0.1) is 11.8 Å². The van der Waals surface area contributed by atoms with E-state index in [4.69, 9.17) is 0 Å². The van der Waals surface area contributed by atoms with Gasteiger partial charge in [-0.15, -0.1) is 0 Å². The maximum atomic E-state index is 10.3. The fourth-order valence-electron chi connectivity index (χ4n) is 2.01. The third kappa shape index (κ3) is 2.13. The van der Waals surface area contributed by atoms with Crippen LogP contribution in [0.25, 0.3) is 0 Å². The third-order valence-corrected chi connectivity index (χ3v) is 2.83. The average Bonchev–Trinajstić information content (AvgIpc) is 2.51. The van der Waals surface area contributed by atoms with Gasteiger partial charge >= 0.3 is 0 Å². The maximum absolute atomic E-state index is 10.3. The summed E-state index contributed by atoms with van der Waals surface area (Å²) < 4.78 is 1.78. The van der Waals surface area contributed by atoms with E-state index in [2.05, 4.69) is 10.4 Å². The second-order valence-corrected chi connectivity index (χ2v) is 4.17. The Morgan fingerprint density at radius 2 is 2.29 bits per heavy atom. The number of aromatic nitrogens is 2. The van der Waals surface area contributed by atoms with Gasteiger partial charge in [-0.25, -0.2) is 0 Å². The second-order valence-electron chi connectivity index (χ2n) is 4.17. The van der Waals surface area contributed by atoms with Crippen molar-refractivity contribution in [1.29, 1.82) is 0 Å². The van der Waals surface area contributed by atoms with Crippen LogP contribution in [0.2, 0.25) is 0 Å². The van der Waals surface area contributed by atoms with Gasteiger partial charge in [-0.3, -0.25) is 4.68 Å². The summed E-state index contributed by atoms with van der Waals surface area (Å²) in [5, 5.41) is 17.6. The van der Waals surface area contributed by atoms with E-state index >= 15 is 0 Å². The highest BCUT2D eigenvalue weighted by Crippen LogP contribution is 2.22. The average molecular weight is 195 g/mol. The summed E-state index contributed by atoms with van der Waals surface area (Å²) in [6.07, 6.45) is 6.20. The zero-order chi connectivity index (χ0) is 10.0. The Hall–Kier alpha value is -0.870. The molecular formula is C10H17N3O. The summed E-state index contributed by atoms with van der Waals surface area (Å²) in [7, 11) is 1.90. The first-order valence-electron chi connectivity index (χ1n) is 5.09. The van der Waals surface area contributed by atoms with Crippen molar-refractivity contribution in [2.45, 2.75) is 24.9 Å². The number of rotatable bonds is 2. The number of nitrogens with one attached hydrogen (secondary N) is 1. The number of nitrogens with zero attached hydrogens (tertiary/aromatic N) is 2. The van der Waals surface area contributed by atoms with Crippen LogP contribution in [0.15, 0.2) is 12.4 Å². The molecule has 1 saturated heterocycles. The smallest absolute Gasteiger partial charge is 0.0713 e. The lowest BCUT2D eigenvalue weighted by molar-refractivity contribution is 0.0108. The minimum Gasteiger partial charge on any atom is -0.389 e. The van der Waals surface area contributed by atoms with Crippen LogP contribution in [-0.2, 0) is 13.5 Å². The van der Waals surface area contributed by atoms with Gasteiger partial charge in [0, 0.05) is 19.7 Å². The van der Waals surface area contributed by atoms with Crippen molar-refractivity contribution < 1.29 is 5.11 Å². The normalized spacial score (nSPS) is 21.0. The molecule has 1 fully saturated rings.